The molecule has 4 aromatic carbocycles. The lowest BCUT2D eigenvalue weighted by Crippen LogP contribution is -2.23. The van der Waals surface area contributed by atoms with Gasteiger partial charge in [-0.2, -0.15) is 5.26 Å². The van der Waals surface area contributed by atoms with E-state index in [0.29, 0.717) is 77.7 Å². The van der Waals surface area contributed by atoms with E-state index in [1.807, 2.05) is 38.1 Å². The number of hydrogen-bond donors (Lipinski definition) is 5. The normalized spacial score (nSPS) is 11.4. The second kappa shape index (κ2) is 18.7. The molecule has 13 nitrogen and oxygen atoms in total. The summed E-state index contributed by atoms with van der Waals surface area (Å²) in [6, 6.07) is 25.3. The molecule has 6 heterocycles. The fourth-order valence-electron chi connectivity index (χ4n) is 8.78. The van der Waals surface area contributed by atoms with Crippen molar-refractivity contribution < 1.29 is 23.2 Å². The van der Waals surface area contributed by atoms with Gasteiger partial charge in [0, 0.05) is 111 Å². The predicted octanol–water partition coefficient (Wildman–Crippen LogP) is 10.4. The largest absolute Gasteiger partial charge is 0.366 e. The first-order chi connectivity index (χ1) is 34.2. The molecular formula is C54H38Cl2F2N10O3. The molecule has 0 aliphatic carbocycles. The zero-order valence-electron chi connectivity index (χ0n) is 37.8. The van der Waals surface area contributed by atoms with Gasteiger partial charge in [0.25, 0.3) is 17.7 Å². The van der Waals surface area contributed by atoms with Gasteiger partial charge in [-0.05, 0) is 121 Å². The Hall–Kier alpha value is -8.58. The molecule has 0 unspecified atom stereocenters. The first-order valence-corrected chi connectivity index (χ1v) is 22.9. The number of halogens is 4. The molecule has 0 spiro atoms. The summed E-state index contributed by atoms with van der Waals surface area (Å²) in [5.74, 6) is -2.85. The van der Waals surface area contributed by atoms with Crippen LogP contribution in [0.15, 0.2) is 110 Å². The van der Waals surface area contributed by atoms with E-state index < -0.39 is 29.4 Å². The molecule has 0 saturated carbocycles. The number of H-pyrrole nitrogens is 2. The number of amides is 3. The van der Waals surface area contributed by atoms with Crippen LogP contribution in [-0.4, -0.2) is 47.6 Å². The third-order valence-corrected chi connectivity index (χ3v) is 12.9. The van der Waals surface area contributed by atoms with Gasteiger partial charge in [0.1, 0.15) is 17.7 Å². The van der Waals surface area contributed by atoms with Crippen molar-refractivity contribution in [3.05, 3.63) is 198 Å². The lowest BCUT2D eigenvalue weighted by molar-refractivity contribution is 0.0942. The predicted molar refractivity (Wildman–Crippen MR) is 268 cm³/mol. The van der Waals surface area contributed by atoms with Crippen LogP contribution >= 0.6 is 23.2 Å². The number of aromatic nitrogens is 6. The summed E-state index contributed by atoms with van der Waals surface area (Å²) < 4.78 is 31.0. The average Bonchev–Trinajstić information content (AvgIpc) is 3.87. The molecule has 0 radical (unpaired) electrons. The first-order valence-electron chi connectivity index (χ1n) is 22.1. The average molecular weight is 984 g/mol. The van der Waals surface area contributed by atoms with E-state index in [9.17, 15) is 19.6 Å². The third kappa shape index (κ3) is 9.33. The molecule has 71 heavy (non-hydrogen) atoms. The minimum Gasteiger partial charge on any atom is -0.366 e. The number of fused-ring (bicyclic) bond motifs is 4. The summed E-state index contributed by atoms with van der Waals surface area (Å²) in [7, 11) is 0. The Kier molecular flexibility index (Phi) is 12.2. The number of carbonyl (C=O) groups excluding carboxylic acids is 3. The van der Waals surface area contributed by atoms with Crippen LogP contribution < -0.4 is 16.4 Å². The molecule has 6 aromatic heterocycles. The van der Waals surface area contributed by atoms with E-state index in [1.165, 1.54) is 30.5 Å². The number of nitrogens with two attached hydrogens (primary N) is 1. The van der Waals surface area contributed by atoms with Gasteiger partial charge in [0.2, 0.25) is 0 Å². The summed E-state index contributed by atoms with van der Waals surface area (Å²) in [4.78, 5) is 64.4. The van der Waals surface area contributed by atoms with Gasteiger partial charge in [-0.3, -0.25) is 34.3 Å². The van der Waals surface area contributed by atoms with Gasteiger partial charge in [0.15, 0.2) is 0 Å². The number of hydrogen-bond acceptors (Lipinski definition) is 8. The van der Waals surface area contributed by atoms with Crippen LogP contribution in [0.2, 0.25) is 10.0 Å². The molecule has 17 heteroatoms. The van der Waals surface area contributed by atoms with Crippen molar-refractivity contribution in [2.24, 2.45) is 5.73 Å². The Balaban J connectivity index is 0.934. The van der Waals surface area contributed by atoms with Crippen LogP contribution in [0.3, 0.4) is 0 Å². The zero-order chi connectivity index (χ0) is 49.7. The van der Waals surface area contributed by atoms with Gasteiger partial charge in [-0.15, -0.1) is 0 Å². The monoisotopic (exact) mass is 982 g/mol. The van der Waals surface area contributed by atoms with Crippen molar-refractivity contribution in [3.63, 3.8) is 0 Å². The van der Waals surface area contributed by atoms with E-state index in [4.69, 9.17) is 33.9 Å². The first kappa shape index (κ1) is 46.2. The van der Waals surface area contributed by atoms with Gasteiger partial charge in [0.05, 0.1) is 49.1 Å². The summed E-state index contributed by atoms with van der Waals surface area (Å²) in [5.41, 5.74) is 14.0. The Morgan fingerprint density at radius 2 is 1.34 bits per heavy atom. The molecule has 6 N–H and O–H groups in total. The molecule has 0 aliphatic heterocycles. The summed E-state index contributed by atoms with van der Waals surface area (Å²) in [5, 5.41) is 18.5. The highest BCUT2D eigenvalue weighted by atomic mass is 35.5. The van der Waals surface area contributed by atoms with Crippen LogP contribution in [0.4, 0.5) is 8.78 Å². The topological polar surface area (TPSA) is 208 Å². The van der Waals surface area contributed by atoms with E-state index in [0.717, 1.165) is 22.1 Å². The Morgan fingerprint density at radius 1 is 0.718 bits per heavy atom. The van der Waals surface area contributed by atoms with Gasteiger partial charge < -0.3 is 26.3 Å². The SMILES string of the molecule is Cc1cnc2c(C#N)cc(Cc3cc(C(=O)NCc4cc5c(Cl)c(-c6cc(C(=O)NCc7cc8c(Cl)c[nH]c8cc7F)cc(Cc7cc(C(N)=O)c8ncc(C)cc8c7)n6)[nH]c5cc4F)ccn3)cc2c1. The van der Waals surface area contributed by atoms with E-state index in [-0.39, 0.29) is 58.2 Å². The number of aromatic amines is 2. The number of nitrogens with one attached hydrogen (secondary N) is 4. The van der Waals surface area contributed by atoms with Crippen LogP contribution in [0.5, 0.6) is 0 Å². The molecule has 350 valence electrons. The summed E-state index contributed by atoms with van der Waals surface area (Å²) in [6.45, 7) is 3.45. The van der Waals surface area contributed by atoms with Gasteiger partial charge in [-0.1, -0.05) is 23.2 Å². The standard InChI is InChI=1S/C54H38Cl2F2N10O3/c1-26-5-31-7-28(9-34(20-59)49(31)63-21-26)10-37-13-30(3-4-61-37)53(70)65-24-36-16-40-46(19-44(36)58)68-51(48(40)56)47-17-33(54(71)66-23-35-15-39-42(55)25-62-45(39)18-43(35)57)14-38(67-47)11-29-8-32-6-27(2)22-64-50(32)41(12-29)52(60)69/h3-9,12-19,21-22,25,62,68H,10-11,23-24H2,1-2H3,(H2,60,69)(H,65,70)(H,66,71). The maximum absolute atomic E-state index is 15.9. The van der Waals surface area contributed by atoms with Crippen LogP contribution in [0, 0.1) is 36.8 Å². The molecular weight excluding hydrogens is 946 g/mol. The lowest BCUT2D eigenvalue weighted by Gasteiger charge is -2.12. The van der Waals surface area contributed by atoms with Crippen molar-refractivity contribution >= 4 is 84.5 Å². The second-order valence-corrected chi connectivity index (χ2v) is 18.1. The van der Waals surface area contributed by atoms with E-state index >= 15 is 8.78 Å². The molecule has 10 aromatic rings. The molecule has 0 saturated heterocycles. The quantitative estimate of drug-likeness (QED) is 0.0794. The van der Waals surface area contributed by atoms with Crippen LogP contribution in [0.25, 0.3) is 55.0 Å². The van der Waals surface area contributed by atoms with Crippen LogP contribution in [0.1, 0.15) is 81.4 Å². The Morgan fingerprint density at radius 3 is 2.04 bits per heavy atom. The van der Waals surface area contributed by atoms with Crippen molar-refractivity contribution in [2.75, 3.05) is 0 Å². The number of nitriles is 1. The molecule has 10 rings (SSSR count). The van der Waals surface area contributed by atoms with Gasteiger partial charge >= 0.3 is 0 Å². The maximum atomic E-state index is 15.9. The van der Waals surface area contributed by atoms with Crippen molar-refractivity contribution in [1.29, 1.82) is 5.26 Å². The fourth-order valence-corrected chi connectivity index (χ4v) is 9.29. The number of benzene rings is 4. The number of rotatable bonds is 12. The minimum absolute atomic E-state index is 0.133. The highest BCUT2D eigenvalue weighted by molar-refractivity contribution is 6.38. The van der Waals surface area contributed by atoms with Gasteiger partial charge in [-0.25, -0.2) is 8.78 Å². The number of nitrogens with zero attached hydrogens (tertiary/aromatic N) is 5. The fraction of sp³-hybridized carbons (Fsp3) is 0.111. The minimum atomic E-state index is -0.665. The number of aryl methyl sites for hydroxylation is 2. The smallest absolute Gasteiger partial charge is 0.251 e. The zero-order valence-corrected chi connectivity index (χ0v) is 39.3. The Labute approximate surface area is 413 Å². The highest BCUT2D eigenvalue weighted by Gasteiger charge is 2.21. The molecule has 0 atom stereocenters. The summed E-state index contributed by atoms with van der Waals surface area (Å²) >= 11 is 13.4. The van der Waals surface area contributed by atoms with Crippen molar-refractivity contribution in [2.45, 2.75) is 39.8 Å². The highest BCUT2D eigenvalue weighted by Crippen LogP contribution is 2.36. The molecule has 0 bridgehead atoms. The summed E-state index contributed by atoms with van der Waals surface area (Å²) in [6.07, 6.45) is 6.92. The van der Waals surface area contributed by atoms with Crippen molar-refractivity contribution in [3.8, 4) is 17.5 Å². The lowest BCUT2D eigenvalue weighted by atomic mass is 9.99. The molecule has 0 fully saturated rings. The van der Waals surface area contributed by atoms with E-state index in [2.05, 4.69) is 41.6 Å². The van der Waals surface area contributed by atoms with Crippen LogP contribution in [-0.2, 0) is 25.9 Å². The second-order valence-electron chi connectivity index (χ2n) is 17.3. The molecule has 0 aliphatic rings. The number of carbonyl (C=O) groups is 3. The molecule has 3 amide bonds. The Bertz CT molecular complexity index is 3920. The van der Waals surface area contributed by atoms with Crippen molar-refractivity contribution in [1.82, 2.24) is 40.5 Å². The number of pyridine rings is 4. The van der Waals surface area contributed by atoms with E-state index in [1.54, 1.807) is 55.0 Å². The number of primary amides is 1. The third-order valence-electron chi connectivity index (χ3n) is 12.2. The maximum Gasteiger partial charge on any atom is 0.251 e.